The molecule has 0 atom stereocenters. The molecule has 25 heavy (non-hydrogen) atoms. The molecule has 0 bridgehead atoms. The van der Waals surface area contributed by atoms with Gasteiger partial charge in [0.15, 0.2) is 11.6 Å². The first-order chi connectivity index (χ1) is 12.0. The summed E-state index contributed by atoms with van der Waals surface area (Å²) in [7, 11) is 0. The van der Waals surface area contributed by atoms with Gasteiger partial charge in [-0.15, -0.1) is 0 Å². The molecule has 2 aromatic heterocycles. The van der Waals surface area contributed by atoms with Crippen LogP contribution in [0, 0.1) is 11.6 Å². The van der Waals surface area contributed by atoms with E-state index in [0.717, 1.165) is 6.07 Å². The molecule has 1 aromatic carbocycles. The van der Waals surface area contributed by atoms with Crippen molar-refractivity contribution in [1.29, 1.82) is 0 Å². The Hall–Kier alpha value is -3.35. The summed E-state index contributed by atoms with van der Waals surface area (Å²) >= 11 is 0. The molecule has 0 unspecified atom stereocenters. The monoisotopic (exact) mass is 340 g/mol. The minimum atomic E-state index is -0.900. The molecule has 2 N–H and O–H groups in total. The summed E-state index contributed by atoms with van der Waals surface area (Å²) in [6.07, 6.45) is 3.01. The van der Waals surface area contributed by atoms with Gasteiger partial charge in [-0.25, -0.2) is 18.7 Å². The van der Waals surface area contributed by atoms with Gasteiger partial charge in [-0.2, -0.15) is 0 Å². The van der Waals surface area contributed by atoms with Crippen LogP contribution in [0.1, 0.15) is 6.92 Å². The molecule has 1 amide bonds. The molecule has 3 rings (SSSR count). The maximum absolute atomic E-state index is 13.8. The number of benzene rings is 1. The Kier molecular flexibility index (Phi) is 4.65. The molecule has 0 saturated heterocycles. The third kappa shape index (κ3) is 3.95. The fourth-order valence-electron chi connectivity index (χ4n) is 2.22. The van der Waals surface area contributed by atoms with Gasteiger partial charge in [0.2, 0.25) is 5.91 Å². The van der Waals surface area contributed by atoms with Crippen molar-refractivity contribution in [3.05, 3.63) is 66.5 Å². The van der Waals surface area contributed by atoms with Crippen LogP contribution in [-0.2, 0) is 4.79 Å². The summed E-state index contributed by atoms with van der Waals surface area (Å²) in [6.45, 7) is 1.40. The molecule has 7 heteroatoms. The average molecular weight is 340 g/mol. The lowest BCUT2D eigenvalue weighted by Crippen LogP contribution is -2.07. The summed E-state index contributed by atoms with van der Waals surface area (Å²) in [5, 5.41) is 5.61. The Balaban J connectivity index is 1.74. The number of rotatable bonds is 4. The number of amides is 1. The van der Waals surface area contributed by atoms with Crippen LogP contribution in [0.2, 0.25) is 0 Å². The van der Waals surface area contributed by atoms with Gasteiger partial charge in [0.25, 0.3) is 0 Å². The zero-order valence-corrected chi connectivity index (χ0v) is 13.3. The quantitative estimate of drug-likeness (QED) is 0.750. The number of anilines is 3. The fraction of sp³-hybridized carbons (Fsp3) is 0.0556. The Bertz CT molecular complexity index is 896. The van der Waals surface area contributed by atoms with Gasteiger partial charge < -0.3 is 10.6 Å². The number of nitrogens with one attached hydrogen (secondary N) is 2. The first-order valence-corrected chi connectivity index (χ1v) is 7.44. The Morgan fingerprint density at radius 1 is 0.960 bits per heavy atom. The lowest BCUT2D eigenvalue weighted by molar-refractivity contribution is -0.114. The van der Waals surface area contributed by atoms with Gasteiger partial charge in [0.1, 0.15) is 11.6 Å². The van der Waals surface area contributed by atoms with Crippen molar-refractivity contribution in [2.24, 2.45) is 0 Å². The molecule has 0 fully saturated rings. The van der Waals surface area contributed by atoms with Crippen LogP contribution in [0.3, 0.4) is 0 Å². The van der Waals surface area contributed by atoms with Crippen LogP contribution in [0.5, 0.6) is 0 Å². The molecule has 5 nitrogen and oxygen atoms in total. The number of aromatic nitrogens is 2. The van der Waals surface area contributed by atoms with E-state index in [1.165, 1.54) is 25.3 Å². The average Bonchev–Trinajstić information content (AvgIpc) is 2.59. The molecule has 0 spiro atoms. The number of hydrogen-bond acceptors (Lipinski definition) is 4. The SMILES string of the molecule is CC(=O)Nc1ccc(Nc2ccc(-c3cccc(F)c3F)cn2)cn1. The molecular weight excluding hydrogens is 326 g/mol. The zero-order valence-electron chi connectivity index (χ0n) is 13.3. The highest BCUT2D eigenvalue weighted by Gasteiger charge is 2.10. The number of carbonyl (C=O) groups is 1. The second-order valence-electron chi connectivity index (χ2n) is 5.27. The van der Waals surface area contributed by atoms with Crippen molar-refractivity contribution in [1.82, 2.24) is 9.97 Å². The van der Waals surface area contributed by atoms with E-state index in [9.17, 15) is 13.6 Å². The maximum Gasteiger partial charge on any atom is 0.222 e. The number of hydrogen-bond donors (Lipinski definition) is 2. The van der Waals surface area contributed by atoms with Crippen molar-refractivity contribution in [3.63, 3.8) is 0 Å². The number of pyridine rings is 2. The van der Waals surface area contributed by atoms with Gasteiger partial charge in [-0.3, -0.25) is 4.79 Å². The van der Waals surface area contributed by atoms with Crippen molar-refractivity contribution < 1.29 is 13.6 Å². The predicted octanol–water partition coefficient (Wildman–Crippen LogP) is 4.12. The third-order valence-electron chi connectivity index (χ3n) is 3.37. The first-order valence-electron chi connectivity index (χ1n) is 7.44. The summed E-state index contributed by atoms with van der Waals surface area (Å²) in [5.41, 5.74) is 1.30. The van der Waals surface area contributed by atoms with Crippen molar-refractivity contribution in [2.45, 2.75) is 6.92 Å². The van der Waals surface area contributed by atoms with Gasteiger partial charge in [0.05, 0.1) is 11.9 Å². The van der Waals surface area contributed by atoms with Crippen LogP contribution < -0.4 is 10.6 Å². The standard InChI is InChI=1S/C18H14F2N4O/c1-11(25)23-16-8-6-13(10-22-16)24-17-7-5-12(9-21-17)14-3-2-4-15(19)18(14)20/h2-10H,1H3,(H,21,24)(H,22,23,25). The summed E-state index contributed by atoms with van der Waals surface area (Å²) in [4.78, 5) is 19.2. The molecule has 126 valence electrons. The minimum Gasteiger partial charge on any atom is -0.339 e. The van der Waals surface area contributed by atoms with E-state index in [4.69, 9.17) is 0 Å². The van der Waals surface area contributed by atoms with Gasteiger partial charge in [-0.1, -0.05) is 12.1 Å². The fourth-order valence-corrected chi connectivity index (χ4v) is 2.22. The van der Waals surface area contributed by atoms with E-state index < -0.39 is 11.6 Å². The van der Waals surface area contributed by atoms with Gasteiger partial charge in [-0.05, 0) is 30.3 Å². The highest BCUT2D eigenvalue weighted by Crippen LogP contribution is 2.25. The lowest BCUT2D eigenvalue weighted by atomic mass is 10.1. The van der Waals surface area contributed by atoms with E-state index in [2.05, 4.69) is 20.6 Å². The third-order valence-corrected chi connectivity index (χ3v) is 3.37. The molecular formula is C18H14F2N4O. The Labute approximate surface area is 142 Å². The molecule has 2 heterocycles. The van der Waals surface area contributed by atoms with Crippen LogP contribution in [0.4, 0.5) is 26.1 Å². The molecule has 0 aliphatic carbocycles. The van der Waals surface area contributed by atoms with Crippen LogP contribution in [0.15, 0.2) is 54.9 Å². The van der Waals surface area contributed by atoms with Crippen molar-refractivity contribution >= 4 is 23.2 Å². The number of halogens is 2. The van der Waals surface area contributed by atoms with Crippen LogP contribution in [0.25, 0.3) is 11.1 Å². The smallest absolute Gasteiger partial charge is 0.222 e. The van der Waals surface area contributed by atoms with Gasteiger partial charge in [0, 0.05) is 24.2 Å². The Morgan fingerprint density at radius 3 is 2.36 bits per heavy atom. The predicted molar refractivity (Wildman–Crippen MR) is 91.4 cm³/mol. The lowest BCUT2D eigenvalue weighted by Gasteiger charge is -2.08. The van der Waals surface area contributed by atoms with E-state index in [0.29, 0.717) is 22.9 Å². The highest BCUT2D eigenvalue weighted by atomic mass is 19.2. The van der Waals surface area contributed by atoms with E-state index in [1.54, 1.807) is 30.5 Å². The molecule has 0 saturated carbocycles. The zero-order chi connectivity index (χ0) is 17.8. The first kappa shape index (κ1) is 16.5. The molecule has 0 aliphatic rings. The van der Waals surface area contributed by atoms with Crippen molar-refractivity contribution in [2.75, 3.05) is 10.6 Å². The van der Waals surface area contributed by atoms with Crippen LogP contribution in [-0.4, -0.2) is 15.9 Å². The van der Waals surface area contributed by atoms with E-state index in [1.807, 2.05) is 0 Å². The number of nitrogens with zero attached hydrogens (tertiary/aromatic N) is 2. The summed E-state index contributed by atoms with van der Waals surface area (Å²) in [6, 6.07) is 10.7. The second kappa shape index (κ2) is 7.04. The largest absolute Gasteiger partial charge is 0.339 e. The minimum absolute atomic E-state index is 0.153. The van der Waals surface area contributed by atoms with Crippen molar-refractivity contribution in [3.8, 4) is 11.1 Å². The maximum atomic E-state index is 13.8. The molecule has 0 aliphatic heterocycles. The second-order valence-corrected chi connectivity index (χ2v) is 5.27. The topological polar surface area (TPSA) is 66.9 Å². The van der Waals surface area contributed by atoms with Gasteiger partial charge >= 0.3 is 0 Å². The summed E-state index contributed by atoms with van der Waals surface area (Å²) in [5.74, 6) is -1.03. The summed E-state index contributed by atoms with van der Waals surface area (Å²) < 4.78 is 27.1. The highest BCUT2D eigenvalue weighted by molar-refractivity contribution is 5.87. The van der Waals surface area contributed by atoms with E-state index >= 15 is 0 Å². The number of carbonyl (C=O) groups excluding carboxylic acids is 1. The molecule has 3 aromatic rings. The normalized spacial score (nSPS) is 10.4. The van der Waals surface area contributed by atoms with E-state index in [-0.39, 0.29) is 11.5 Å². The van der Waals surface area contributed by atoms with Crippen LogP contribution >= 0.6 is 0 Å². The Morgan fingerprint density at radius 2 is 1.72 bits per heavy atom. The molecule has 0 radical (unpaired) electrons.